The van der Waals surface area contributed by atoms with Crippen molar-refractivity contribution in [1.82, 2.24) is 4.31 Å². The van der Waals surface area contributed by atoms with Crippen LogP contribution in [-0.4, -0.2) is 37.7 Å². The van der Waals surface area contributed by atoms with E-state index in [4.69, 9.17) is 9.47 Å². The fourth-order valence-electron chi connectivity index (χ4n) is 3.47. The summed E-state index contributed by atoms with van der Waals surface area (Å²) in [4.78, 5) is 12.6. The maximum absolute atomic E-state index is 12.6. The zero-order valence-electron chi connectivity index (χ0n) is 15.6. The number of sulfonamides is 1. The van der Waals surface area contributed by atoms with Crippen molar-refractivity contribution in [1.29, 1.82) is 0 Å². The number of carbonyl (C=O) groups is 1. The highest BCUT2D eigenvalue weighted by Gasteiger charge is 2.26. The van der Waals surface area contributed by atoms with Crippen LogP contribution in [-0.2, 0) is 23.0 Å². The topological polar surface area (TPSA) is 84.9 Å². The molecule has 2 aromatic rings. The lowest BCUT2D eigenvalue weighted by Crippen LogP contribution is -2.37. The van der Waals surface area contributed by atoms with Gasteiger partial charge in [-0.2, -0.15) is 4.31 Å². The van der Waals surface area contributed by atoms with Crippen molar-refractivity contribution in [3.8, 4) is 11.5 Å². The number of hydrogen-bond acceptors (Lipinski definition) is 5. The molecule has 0 atom stereocenters. The van der Waals surface area contributed by atoms with Gasteiger partial charge in [0.05, 0.1) is 5.75 Å². The molecule has 7 nitrogen and oxygen atoms in total. The summed E-state index contributed by atoms with van der Waals surface area (Å²) in [5.74, 6) is 1.07. The van der Waals surface area contributed by atoms with Crippen LogP contribution in [0.1, 0.15) is 34.8 Å². The highest BCUT2D eigenvalue weighted by molar-refractivity contribution is 7.89. The van der Waals surface area contributed by atoms with Gasteiger partial charge >= 0.3 is 0 Å². The summed E-state index contributed by atoms with van der Waals surface area (Å²) in [7, 11) is -3.24. The summed E-state index contributed by atoms with van der Waals surface area (Å²) in [5.41, 5.74) is 3.14. The first-order chi connectivity index (χ1) is 13.5. The van der Waals surface area contributed by atoms with E-state index in [0.29, 0.717) is 48.7 Å². The number of ether oxygens (including phenoxy) is 2. The lowest BCUT2D eigenvalue weighted by Gasteiger charge is -2.28. The van der Waals surface area contributed by atoms with Crippen LogP contribution in [0, 0.1) is 0 Å². The van der Waals surface area contributed by atoms with Gasteiger partial charge in [-0.25, -0.2) is 8.42 Å². The molecule has 0 fully saturated rings. The molecule has 28 heavy (non-hydrogen) atoms. The number of benzene rings is 2. The van der Waals surface area contributed by atoms with Crippen LogP contribution >= 0.6 is 0 Å². The molecule has 0 aliphatic carbocycles. The Morgan fingerprint density at radius 2 is 1.93 bits per heavy atom. The minimum Gasteiger partial charge on any atom is -0.454 e. The number of rotatable bonds is 5. The number of fused-ring (bicyclic) bond motifs is 2. The Hall–Kier alpha value is -2.58. The summed E-state index contributed by atoms with van der Waals surface area (Å²) < 4.78 is 36.8. The first kappa shape index (κ1) is 18.8. The number of nitrogens with zero attached hydrogens (tertiary/aromatic N) is 1. The van der Waals surface area contributed by atoms with Gasteiger partial charge in [-0.05, 0) is 54.3 Å². The Balaban J connectivity index is 1.51. The van der Waals surface area contributed by atoms with Gasteiger partial charge in [-0.15, -0.1) is 0 Å². The van der Waals surface area contributed by atoms with Gasteiger partial charge in [0.25, 0.3) is 5.91 Å². The van der Waals surface area contributed by atoms with Gasteiger partial charge in [0.15, 0.2) is 11.5 Å². The van der Waals surface area contributed by atoms with Crippen molar-refractivity contribution in [2.75, 3.05) is 24.4 Å². The van der Waals surface area contributed by atoms with E-state index in [-0.39, 0.29) is 18.5 Å². The Morgan fingerprint density at radius 3 is 2.75 bits per heavy atom. The van der Waals surface area contributed by atoms with Crippen molar-refractivity contribution in [2.24, 2.45) is 0 Å². The molecule has 0 bridgehead atoms. The molecule has 2 aromatic carbocycles. The van der Waals surface area contributed by atoms with Gasteiger partial charge in [0.1, 0.15) is 0 Å². The molecular formula is C20H22N2O5S. The summed E-state index contributed by atoms with van der Waals surface area (Å²) in [6.07, 6.45) is 1.27. The molecule has 0 unspecified atom stereocenters. The molecule has 2 aliphatic heterocycles. The molecule has 0 saturated carbocycles. The number of amides is 1. The Bertz CT molecular complexity index is 1020. The van der Waals surface area contributed by atoms with Gasteiger partial charge in [0, 0.05) is 24.3 Å². The van der Waals surface area contributed by atoms with Gasteiger partial charge in [-0.3, -0.25) is 4.79 Å². The van der Waals surface area contributed by atoms with E-state index >= 15 is 0 Å². The average molecular weight is 402 g/mol. The summed E-state index contributed by atoms with van der Waals surface area (Å²) in [6, 6.07) is 10.7. The predicted molar refractivity (Wildman–Crippen MR) is 105 cm³/mol. The van der Waals surface area contributed by atoms with E-state index < -0.39 is 10.0 Å². The number of hydrogen-bond donors (Lipinski definition) is 1. The minimum absolute atomic E-state index is 0.155. The third kappa shape index (κ3) is 3.70. The van der Waals surface area contributed by atoms with Gasteiger partial charge < -0.3 is 14.8 Å². The molecule has 2 aliphatic rings. The van der Waals surface area contributed by atoms with E-state index in [1.807, 2.05) is 25.1 Å². The summed E-state index contributed by atoms with van der Waals surface area (Å²) >= 11 is 0. The van der Waals surface area contributed by atoms with Crippen LogP contribution in [0.25, 0.3) is 0 Å². The fraction of sp³-hybridized carbons (Fsp3) is 0.350. The quantitative estimate of drug-likeness (QED) is 0.831. The largest absolute Gasteiger partial charge is 0.454 e. The third-order valence-electron chi connectivity index (χ3n) is 4.93. The Morgan fingerprint density at radius 1 is 1.11 bits per heavy atom. The smallest absolute Gasteiger partial charge is 0.255 e. The molecule has 0 radical (unpaired) electrons. The monoisotopic (exact) mass is 402 g/mol. The summed E-state index contributed by atoms with van der Waals surface area (Å²) in [6.45, 7) is 2.85. The van der Waals surface area contributed by atoms with Crippen molar-refractivity contribution in [3.63, 3.8) is 0 Å². The van der Waals surface area contributed by atoms with E-state index in [1.54, 1.807) is 18.2 Å². The van der Waals surface area contributed by atoms with Crippen molar-refractivity contribution < 1.29 is 22.7 Å². The molecule has 148 valence electrons. The van der Waals surface area contributed by atoms with E-state index in [0.717, 1.165) is 11.1 Å². The molecule has 8 heteroatoms. The average Bonchev–Trinajstić information content (AvgIpc) is 3.15. The summed E-state index contributed by atoms with van der Waals surface area (Å²) in [5, 5.41) is 2.87. The first-order valence-corrected chi connectivity index (χ1v) is 10.9. The zero-order chi connectivity index (χ0) is 19.7. The first-order valence-electron chi connectivity index (χ1n) is 9.27. The molecular weight excluding hydrogens is 380 g/mol. The van der Waals surface area contributed by atoms with Gasteiger partial charge in [-0.1, -0.05) is 13.0 Å². The van der Waals surface area contributed by atoms with Crippen LogP contribution in [0.15, 0.2) is 36.4 Å². The zero-order valence-corrected chi connectivity index (χ0v) is 16.4. The normalized spacial score (nSPS) is 15.9. The van der Waals surface area contributed by atoms with Crippen LogP contribution in [0.4, 0.5) is 5.69 Å². The molecule has 1 amide bonds. The minimum atomic E-state index is -3.24. The molecule has 1 N–H and O–H groups in total. The molecule has 0 saturated heterocycles. The maximum Gasteiger partial charge on any atom is 0.255 e. The van der Waals surface area contributed by atoms with Crippen LogP contribution < -0.4 is 14.8 Å². The van der Waals surface area contributed by atoms with E-state index in [2.05, 4.69) is 5.32 Å². The van der Waals surface area contributed by atoms with Crippen molar-refractivity contribution in [3.05, 3.63) is 53.1 Å². The van der Waals surface area contributed by atoms with Crippen molar-refractivity contribution in [2.45, 2.75) is 26.3 Å². The lowest BCUT2D eigenvalue weighted by molar-refractivity contribution is 0.102. The third-order valence-corrected chi connectivity index (χ3v) is 6.95. The lowest BCUT2D eigenvalue weighted by atomic mass is 10.0. The van der Waals surface area contributed by atoms with Crippen LogP contribution in [0.5, 0.6) is 11.5 Å². The van der Waals surface area contributed by atoms with Crippen LogP contribution in [0.3, 0.4) is 0 Å². The maximum atomic E-state index is 12.6. The highest BCUT2D eigenvalue weighted by atomic mass is 32.2. The molecule has 0 aromatic heterocycles. The van der Waals surface area contributed by atoms with E-state index in [9.17, 15) is 13.2 Å². The number of carbonyl (C=O) groups excluding carboxylic acids is 1. The Labute approximate surface area is 164 Å². The second kappa shape index (κ2) is 7.44. The van der Waals surface area contributed by atoms with Gasteiger partial charge in [0.2, 0.25) is 16.8 Å². The van der Waals surface area contributed by atoms with Crippen LogP contribution in [0.2, 0.25) is 0 Å². The second-order valence-electron chi connectivity index (χ2n) is 6.91. The standard InChI is InChI=1S/C20H22N2O5S/c1-2-9-28(24,25)22-8-7-14-3-5-17(10-16(14)12-22)21-20(23)15-4-6-18-19(11-15)27-13-26-18/h3-6,10-11H,2,7-9,12-13H2,1H3,(H,21,23). The number of anilines is 1. The SMILES string of the molecule is CCCS(=O)(=O)N1CCc2ccc(NC(=O)c3ccc4c(c3)OCO4)cc2C1. The van der Waals surface area contributed by atoms with E-state index in [1.165, 1.54) is 4.31 Å². The predicted octanol–water partition coefficient (Wildman–Crippen LogP) is 2.77. The second-order valence-corrected chi connectivity index (χ2v) is 8.99. The molecule has 4 rings (SSSR count). The Kier molecular flexibility index (Phi) is 4.99. The van der Waals surface area contributed by atoms with Crippen molar-refractivity contribution >= 4 is 21.6 Å². The molecule has 0 spiro atoms. The number of nitrogens with one attached hydrogen (secondary N) is 1. The fourth-order valence-corrected chi connectivity index (χ4v) is 4.95. The highest BCUT2D eigenvalue weighted by Crippen LogP contribution is 2.33. The molecule has 2 heterocycles.